The molecule has 0 spiro atoms. The van der Waals surface area contributed by atoms with E-state index >= 15 is 0 Å². The third-order valence-electron chi connectivity index (χ3n) is 5.68. The summed E-state index contributed by atoms with van der Waals surface area (Å²) in [4.78, 5) is 22.0. The number of rotatable bonds is 6. The highest BCUT2D eigenvalue weighted by Gasteiger charge is 2.19. The minimum atomic E-state index is 0.0166. The van der Waals surface area contributed by atoms with E-state index < -0.39 is 0 Å². The highest BCUT2D eigenvalue weighted by Crippen LogP contribution is 2.27. The number of phenols is 1. The van der Waals surface area contributed by atoms with E-state index in [-0.39, 0.29) is 11.7 Å². The summed E-state index contributed by atoms with van der Waals surface area (Å²) >= 11 is 0. The third-order valence-corrected chi connectivity index (χ3v) is 5.68. The van der Waals surface area contributed by atoms with Crippen LogP contribution in [0.15, 0.2) is 60.8 Å². The molecule has 1 aromatic heterocycles. The van der Waals surface area contributed by atoms with Crippen molar-refractivity contribution in [1.29, 1.82) is 0 Å². The van der Waals surface area contributed by atoms with Gasteiger partial charge in [0.2, 0.25) is 5.91 Å². The van der Waals surface area contributed by atoms with Crippen molar-refractivity contribution >= 4 is 11.7 Å². The Hall–Kier alpha value is -3.21. The van der Waals surface area contributed by atoms with Gasteiger partial charge >= 0.3 is 0 Å². The van der Waals surface area contributed by atoms with Crippen molar-refractivity contribution in [2.45, 2.75) is 44.9 Å². The summed E-state index contributed by atoms with van der Waals surface area (Å²) in [6.07, 6.45) is 8.80. The predicted octanol–water partition coefficient (Wildman–Crippen LogP) is 5.35. The van der Waals surface area contributed by atoms with Crippen molar-refractivity contribution in [3.05, 3.63) is 72.1 Å². The maximum absolute atomic E-state index is 12.7. The molecule has 0 atom stereocenters. The van der Waals surface area contributed by atoms with Crippen LogP contribution in [-0.2, 0) is 11.2 Å². The molecule has 1 aliphatic carbocycles. The van der Waals surface area contributed by atoms with E-state index in [1.54, 1.807) is 18.3 Å². The number of anilines is 1. The summed E-state index contributed by atoms with van der Waals surface area (Å²) in [6.45, 7) is 0. The van der Waals surface area contributed by atoms with Gasteiger partial charge in [-0.1, -0.05) is 49.6 Å². The van der Waals surface area contributed by atoms with Gasteiger partial charge < -0.3 is 10.4 Å². The zero-order chi connectivity index (χ0) is 20.8. The Kier molecular flexibility index (Phi) is 6.38. The Morgan fingerprint density at radius 2 is 1.73 bits per heavy atom. The van der Waals surface area contributed by atoms with Gasteiger partial charge in [-0.05, 0) is 48.6 Å². The number of nitrogens with one attached hydrogen (secondary N) is 1. The first-order valence-electron chi connectivity index (χ1n) is 10.7. The average molecular weight is 402 g/mol. The molecule has 2 N–H and O–H groups in total. The number of carbonyl (C=O) groups excluding carboxylic acids is 1. The van der Waals surface area contributed by atoms with E-state index in [0.717, 1.165) is 29.7 Å². The summed E-state index contributed by atoms with van der Waals surface area (Å²) in [5.41, 5.74) is 3.43. The second-order valence-corrected chi connectivity index (χ2v) is 8.02. The summed E-state index contributed by atoms with van der Waals surface area (Å²) in [7, 11) is 0. The molecule has 0 aliphatic heterocycles. The van der Waals surface area contributed by atoms with E-state index in [1.165, 1.54) is 19.3 Å². The Bertz CT molecular complexity index is 981. The van der Waals surface area contributed by atoms with E-state index in [4.69, 9.17) is 4.98 Å². The van der Waals surface area contributed by atoms with Gasteiger partial charge in [-0.15, -0.1) is 0 Å². The first kappa shape index (κ1) is 20.1. The zero-order valence-corrected chi connectivity index (χ0v) is 17.1. The predicted molar refractivity (Wildman–Crippen MR) is 118 cm³/mol. The molecule has 4 rings (SSSR count). The van der Waals surface area contributed by atoms with E-state index in [1.807, 2.05) is 42.5 Å². The van der Waals surface area contributed by atoms with Crippen molar-refractivity contribution in [3.8, 4) is 17.0 Å². The minimum Gasteiger partial charge on any atom is -0.508 e. The maximum Gasteiger partial charge on any atom is 0.225 e. The van der Waals surface area contributed by atoms with Crippen LogP contribution in [0.1, 0.15) is 49.8 Å². The number of hydrogen-bond donors (Lipinski definition) is 2. The molecule has 2 aromatic carbocycles. The van der Waals surface area contributed by atoms with Gasteiger partial charge in [-0.2, -0.15) is 0 Å². The fraction of sp³-hybridized carbons (Fsp3) is 0.320. The van der Waals surface area contributed by atoms with Gasteiger partial charge in [0, 0.05) is 18.4 Å². The van der Waals surface area contributed by atoms with Gasteiger partial charge in [0.25, 0.3) is 0 Å². The van der Waals surface area contributed by atoms with Crippen LogP contribution in [0.2, 0.25) is 0 Å². The second-order valence-electron chi connectivity index (χ2n) is 8.02. The third kappa shape index (κ3) is 5.23. The second kappa shape index (κ2) is 9.53. The molecule has 154 valence electrons. The normalized spacial score (nSPS) is 14.4. The number of benzene rings is 2. The first-order chi connectivity index (χ1) is 14.7. The lowest BCUT2D eigenvalue weighted by Gasteiger charge is -2.21. The van der Waals surface area contributed by atoms with Crippen LogP contribution in [0, 0.1) is 5.92 Å². The van der Waals surface area contributed by atoms with E-state index in [0.29, 0.717) is 30.3 Å². The Morgan fingerprint density at radius 3 is 2.47 bits per heavy atom. The molecule has 1 fully saturated rings. The van der Waals surface area contributed by atoms with Crippen molar-refractivity contribution in [3.63, 3.8) is 0 Å². The first-order valence-corrected chi connectivity index (χ1v) is 10.7. The van der Waals surface area contributed by atoms with Gasteiger partial charge in [0.05, 0.1) is 17.6 Å². The quantitative estimate of drug-likeness (QED) is 0.584. The van der Waals surface area contributed by atoms with Gasteiger partial charge in [0.15, 0.2) is 5.82 Å². The molecule has 5 nitrogen and oxygen atoms in total. The van der Waals surface area contributed by atoms with E-state index in [2.05, 4.69) is 10.3 Å². The van der Waals surface area contributed by atoms with Crippen LogP contribution >= 0.6 is 0 Å². The molecule has 1 amide bonds. The average Bonchev–Trinajstić information content (AvgIpc) is 2.77. The number of hydrogen-bond acceptors (Lipinski definition) is 4. The van der Waals surface area contributed by atoms with Gasteiger partial charge in [-0.3, -0.25) is 4.79 Å². The molecular weight excluding hydrogens is 374 g/mol. The van der Waals surface area contributed by atoms with Crippen LogP contribution in [0.3, 0.4) is 0 Å². The maximum atomic E-state index is 12.7. The molecule has 3 aromatic rings. The van der Waals surface area contributed by atoms with Crippen molar-refractivity contribution in [1.82, 2.24) is 9.97 Å². The lowest BCUT2D eigenvalue weighted by atomic mass is 9.87. The summed E-state index contributed by atoms with van der Waals surface area (Å²) in [5, 5.41) is 12.6. The zero-order valence-electron chi connectivity index (χ0n) is 17.1. The molecule has 0 radical (unpaired) electrons. The molecule has 30 heavy (non-hydrogen) atoms. The standard InChI is InChI=1S/C25H27N3O2/c29-21-13-11-20(12-14-21)23-17-26-25(22(27-23)15-18-7-3-1-4-8-18)28-24(30)16-19-9-5-2-6-10-19/h1,3-4,7-8,11-14,17,19,29H,2,5-6,9-10,15-16H2,(H,26,28,30). The lowest BCUT2D eigenvalue weighted by Crippen LogP contribution is -2.20. The smallest absolute Gasteiger partial charge is 0.225 e. The van der Waals surface area contributed by atoms with E-state index in [9.17, 15) is 9.90 Å². The van der Waals surface area contributed by atoms with Crippen LogP contribution in [0.4, 0.5) is 5.82 Å². The molecule has 0 unspecified atom stereocenters. The van der Waals surface area contributed by atoms with Crippen LogP contribution in [-0.4, -0.2) is 21.0 Å². The SMILES string of the molecule is O=C(CC1CCCCC1)Nc1ncc(-c2ccc(O)cc2)nc1Cc1ccccc1. The fourth-order valence-corrected chi connectivity index (χ4v) is 4.05. The Morgan fingerprint density at radius 1 is 1.00 bits per heavy atom. The van der Waals surface area contributed by atoms with Crippen molar-refractivity contribution in [2.24, 2.45) is 5.92 Å². The molecule has 0 saturated heterocycles. The number of aromatic hydroxyl groups is 1. The number of amides is 1. The van der Waals surface area contributed by atoms with Crippen LogP contribution in [0.5, 0.6) is 5.75 Å². The van der Waals surface area contributed by atoms with Crippen molar-refractivity contribution in [2.75, 3.05) is 5.32 Å². The molecular formula is C25H27N3O2. The number of aromatic nitrogens is 2. The number of carbonyl (C=O) groups is 1. The van der Waals surface area contributed by atoms with Crippen LogP contribution in [0.25, 0.3) is 11.3 Å². The monoisotopic (exact) mass is 401 g/mol. The van der Waals surface area contributed by atoms with Crippen molar-refractivity contribution < 1.29 is 9.90 Å². The number of nitrogens with zero attached hydrogens (tertiary/aromatic N) is 2. The summed E-state index contributed by atoms with van der Waals surface area (Å²) in [5.74, 6) is 1.23. The highest BCUT2D eigenvalue weighted by atomic mass is 16.3. The largest absolute Gasteiger partial charge is 0.508 e. The Labute approximate surface area is 177 Å². The van der Waals surface area contributed by atoms with Gasteiger partial charge in [-0.25, -0.2) is 9.97 Å². The fourth-order valence-electron chi connectivity index (χ4n) is 4.05. The molecule has 1 aliphatic rings. The molecule has 5 heteroatoms. The summed E-state index contributed by atoms with van der Waals surface area (Å²) in [6, 6.07) is 16.9. The topological polar surface area (TPSA) is 75.1 Å². The molecule has 1 saturated carbocycles. The van der Waals surface area contributed by atoms with Gasteiger partial charge in [0.1, 0.15) is 5.75 Å². The summed E-state index contributed by atoms with van der Waals surface area (Å²) < 4.78 is 0. The number of phenolic OH excluding ortho intramolecular Hbond substituents is 1. The lowest BCUT2D eigenvalue weighted by molar-refractivity contribution is -0.117. The Balaban J connectivity index is 1.57. The minimum absolute atomic E-state index is 0.0166. The molecule has 0 bridgehead atoms. The highest BCUT2D eigenvalue weighted by molar-refractivity contribution is 5.90. The molecule has 1 heterocycles. The van der Waals surface area contributed by atoms with Crippen LogP contribution < -0.4 is 5.32 Å².